The van der Waals surface area contributed by atoms with Crippen molar-refractivity contribution in [3.63, 3.8) is 0 Å². The summed E-state index contributed by atoms with van der Waals surface area (Å²) in [6, 6.07) is 8.37. The van der Waals surface area contributed by atoms with E-state index in [0.29, 0.717) is 5.88 Å². The number of thiophene rings is 1. The van der Waals surface area contributed by atoms with E-state index in [1.54, 1.807) is 7.11 Å². The van der Waals surface area contributed by atoms with Crippen molar-refractivity contribution in [3.8, 4) is 5.88 Å². The molecule has 0 radical (unpaired) electrons. The Morgan fingerprint density at radius 3 is 2.50 bits per heavy atom. The first-order chi connectivity index (χ1) is 9.49. The van der Waals surface area contributed by atoms with Crippen molar-refractivity contribution in [1.29, 1.82) is 0 Å². The summed E-state index contributed by atoms with van der Waals surface area (Å²) in [7, 11) is 1.63. The van der Waals surface area contributed by atoms with Gasteiger partial charge in [0.2, 0.25) is 5.88 Å². The Kier molecular flexibility index (Phi) is 4.78. The molecular formula is C16H22N2OS. The molecule has 0 spiro atoms. The van der Waals surface area contributed by atoms with Crippen LogP contribution in [0.15, 0.2) is 30.5 Å². The highest BCUT2D eigenvalue weighted by Crippen LogP contribution is 2.29. The van der Waals surface area contributed by atoms with E-state index in [0.717, 1.165) is 13.1 Å². The SMILES string of the molecule is COc1ccc(CNCc2ccc(C(C)(C)C)s2)cn1. The molecule has 0 saturated carbocycles. The van der Waals surface area contributed by atoms with E-state index in [4.69, 9.17) is 4.74 Å². The number of ether oxygens (including phenoxy) is 1. The third-order valence-electron chi connectivity index (χ3n) is 3.04. The summed E-state index contributed by atoms with van der Waals surface area (Å²) < 4.78 is 5.05. The lowest BCUT2D eigenvalue weighted by molar-refractivity contribution is 0.397. The molecule has 2 aromatic heterocycles. The van der Waals surface area contributed by atoms with E-state index in [1.807, 2.05) is 29.7 Å². The summed E-state index contributed by atoms with van der Waals surface area (Å²) in [5.41, 5.74) is 1.40. The maximum Gasteiger partial charge on any atom is 0.212 e. The van der Waals surface area contributed by atoms with E-state index in [9.17, 15) is 0 Å². The molecule has 108 valence electrons. The van der Waals surface area contributed by atoms with Gasteiger partial charge < -0.3 is 10.1 Å². The molecule has 1 N–H and O–H groups in total. The standard InChI is InChI=1S/C16H22N2OS/c1-16(2,3)14-7-6-13(20-14)11-17-9-12-5-8-15(19-4)18-10-12/h5-8,10,17H,9,11H2,1-4H3. The summed E-state index contributed by atoms with van der Waals surface area (Å²) in [4.78, 5) is 7.00. The van der Waals surface area contributed by atoms with Gasteiger partial charge in [0.05, 0.1) is 7.11 Å². The Balaban J connectivity index is 1.84. The average Bonchev–Trinajstić information content (AvgIpc) is 2.88. The molecule has 2 heterocycles. The van der Waals surface area contributed by atoms with Gasteiger partial charge in [0.25, 0.3) is 0 Å². The van der Waals surface area contributed by atoms with Gasteiger partial charge in [-0.15, -0.1) is 11.3 Å². The predicted molar refractivity (Wildman–Crippen MR) is 84.4 cm³/mol. The summed E-state index contributed by atoms with van der Waals surface area (Å²) >= 11 is 1.88. The number of rotatable bonds is 5. The highest BCUT2D eigenvalue weighted by Gasteiger charge is 2.15. The van der Waals surface area contributed by atoms with Gasteiger partial charge >= 0.3 is 0 Å². The van der Waals surface area contributed by atoms with Gasteiger partial charge in [0.15, 0.2) is 0 Å². The fourth-order valence-corrected chi connectivity index (χ4v) is 2.88. The van der Waals surface area contributed by atoms with E-state index in [2.05, 4.69) is 43.2 Å². The Bertz CT molecular complexity index is 540. The van der Waals surface area contributed by atoms with Crippen LogP contribution >= 0.6 is 11.3 Å². The Hall–Kier alpha value is -1.39. The highest BCUT2D eigenvalue weighted by atomic mass is 32.1. The number of pyridine rings is 1. The van der Waals surface area contributed by atoms with Gasteiger partial charge in [-0.2, -0.15) is 0 Å². The molecule has 0 amide bonds. The van der Waals surface area contributed by atoms with Gasteiger partial charge in [0.1, 0.15) is 0 Å². The molecule has 4 heteroatoms. The van der Waals surface area contributed by atoms with Crippen LogP contribution in [0, 0.1) is 0 Å². The molecule has 0 fully saturated rings. The third-order valence-corrected chi connectivity index (χ3v) is 4.55. The van der Waals surface area contributed by atoms with Crippen LogP contribution in [0.1, 0.15) is 36.1 Å². The van der Waals surface area contributed by atoms with E-state index in [-0.39, 0.29) is 5.41 Å². The van der Waals surface area contributed by atoms with Crippen LogP contribution in [0.2, 0.25) is 0 Å². The number of aromatic nitrogens is 1. The van der Waals surface area contributed by atoms with Crippen molar-refractivity contribution in [3.05, 3.63) is 45.8 Å². The molecule has 3 nitrogen and oxygen atoms in total. The maximum atomic E-state index is 5.05. The van der Waals surface area contributed by atoms with Crippen molar-refractivity contribution in [2.24, 2.45) is 0 Å². The van der Waals surface area contributed by atoms with Crippen molar-refractivity contribution in [2.75, 3.05) is 7.11 Å². The molecule has 0 aliphatic rings. The molecular weight excluding hydrogens is 268 g/mol. The van der Waals surface area contributed by atoms with Crippen molar-refractivity contribution >= 4 is 11.3 Å². The van der Waals surface area contributed by atoms with Crippen LogP contribution < -0.4 is 10.1 Å². The van der Waals surface area contributed by atoms with Crippen LogP contribution in [-0.2, 0) is 18.5 Å². The zero-order valence-electron chi connectivity index (χ0n) is 12.6. The van der Waals surface area contributed by atoms with Gasteiger partial charge in [-0.1, -0.05) is 26.8 Å². The zero-order chi connectivity index (χ0) is 14.6. The molecule has 0 atom stereocenters. The largest absolute Gasteiger partial charge is 0.481 e. The minimum Gasteiger partial charge on any atom is -0.481 e. The van der Waals surface area contributed by atoms with Crippen molar-refractivity contribution in [2.45, 2.75) is 39.3 Å². The van der Waals surface area contributed by atoms with E-state index >= 15 is 0 Å². The minimum atomic E-state index is 0.239. The predicted octanol–water partition coefficient (Wildman–Crippen LogP) is 3.74. The first kappa shape index (κ1) is 15.0. The summed E-state index contributed by atoms with van der Waals surface area (Å²) in [6.07, 6.45) is 1.85. The molecule has 2 aromatic rings. The number of hydrogen-bond donors (Lipinski definition) is 1. The summed E-state index contributed by atoms with van der Waals surface area (Å²) in [5.74, 6) is 0.654. The Morgan fingerprint density at radius 2 is 1.95 bits per heavy atom. The number of hydrogen-bond acceptors (Lipinski definition) is 4. The summed E-state index contributed by atoms with van der Waals surface area (Å²) in [6.45, 7) is 8.46. The van der Waals surface area contributed by atoms with Crippen LogP contribution in [0.5, 0.6) is 5.88 Å². The van der Waals surface area contributed by atoms with E-state index in [1.165, 1.54) is 15.3 Å². The van der Waals surface area contributed by atoms with Gasteiger partial charge in [-0.05, 0) is 23.1 Å². The lowest BCUT2D eigenvalue weighted by Crippen LogP contribution is -2.12. The van der Waals surface area contributed by atoms with Crippen LogP contribution in [-0.4, -0.2) is 12.1 Å². The van der Waals surface area contributed by atoms with Gasteiger partial charge in [-0.3, -0.25) is 0 Å². The third kappa shape index (κ3) is 4.05. The first-order valence-corrected chi connectivity index (χ1v) is 7.59. The first-order valence-electron chi connectivity index (χ1n) is 6.78. The molecule has 20 heavy (non-hydrogen) atoms. The number of nitrogens with zero attached hydrogens (tertiary/aromatic N) is 1. The fourth-order valence-electron chi connectivity index (χ4n) is 1.84. The molecule has 2 rings (SSSR count). The Labute approximate surface area is 125 Å². The van der Waals surface area contributed by atoms with Crippen molar-refractivity contribution in [1.82, 2.24) is 10.3 Å². The number of methoxy groups -OCH3 is 1. The molecule has 0 saturated heterocycles. The normalized spacial score (nSPS) is 11.6. The minimum absolute atomic E-state index is 0.239. The average molecular weight is 290 g/mol. The van der Waals surface area contributed by atoms with E-state index < -0.39 is 0 Å². The summed E-state index contributed by atoms with van der Waals surface area (Å²) in [5, 5.41) is 3.45. The topological polar surface area (TPSA) is 34.1 Å². The number of nitrogens with one attached hydrogen (secondary N) is 1. The second-order valence-corrected chi connectivity index (χ2v) is 7.00. The maximum absolute atomic E-state index is 5.05. The molecule has 0 aromatic carbocycles. The quantitative estimate of drug-likeness (QED) is 0.911. The molecule has 0 bridgehead atoms. The molecule has 0 aliphatic heterocycles. The molecule has 0 aliphatic carbocycles. The van der Waals surface area contributed by atoms with Gasteiger partial charge in [-0.25, -0.2) is 4.98 Å². The van der Waals surface area contributed by atoms with Gasteiger partial charge in [0, 0.05) is 35.1 Å². The lowest BCUT2D eigenvalue weighted by Gasteiger charge is -2.15. The molecule has 0 unspecified atom stereocenters. The van der Waals surface area contributed by atoms with Crippen LogP contribution in [0.3, 0.4) is 0 Å². The lowest BCUT2D eigenvalue weighted by atomic mass is 9.95. The van der Waals surface area contributed by atoms with Crippen LogP contribution in [0.25, 0.3) is 0 Å². The van der Waals surface area contributed by atoms with Crippen molar-refractivity contribution < 1.29 is 4.74 Å². The second-order valence-electron chi connectivity index (χ2n) is 5.83. The van der Waals surface area contributed by atoms with Crippen LogP contribution in [0.4, 0.5) is 0 Å². The Morgan fingerprint density at radius 1 is 1.15 bits per heavy atom. The zero-order valence-corrected chi connectivity index (χ0v) is 13.4. The second kappa shape index (κ2) is 6.37. The fraction of sp³-hybridized carbons (Fsp3) is 0.438. The monoisotopic (exact) mass is 290 g/mol. The smallest absolute Gasteiger partial charge is 0.212 e. The highest BCUT2D eigenvalue weighted by molar-refractivity contribution is 7.12.